The number of halogens is 1. The molecule has 0 spiro atoms. The van der Waals surface area contributed by atoms with Gasteiger partial charge in [-0.1, -0.05) is 29.5 Å². The molecule has 1 aromatic heterocycles. The van der Waals surface area contributed by atoms with Gasteiger partial charge in [-0.15, -0.1) is 0 Å². The van der Waals surface area contributed by atoms with Crippen molar-refractivity contribution in [2.24, 2.45) is 4.99 Å². The Kier molecular flexibility index (Phi) is 7.94. The fourth-order valence-electron chi connectivity index (χ4n) is 3.95. The van der Waals surface area contributed by atoms with Gasteiger partial charge in [-0.3, -0.25) is 9.36 Å². The summed E-state index contributed by atoms with van der Waals surface area (Å²) in [6, 6.07) is 11.4. The average Bonchev–Trinajstić information content (AvgIpc) is 3.16. The van der Waals surface area contributed by atoms with E-state index in [4.69, 9.17) is 19.3 Å². The van der Waals surface area contributed by atoms with Gasteiger partial charge in [0.05, 0.1) is 40.0 Å². The van der Waals surface area contributed by atoms with Crippen LogP contribution in [0.4, 0.5) is 0 Å². The summed E-state index contributed by atoms with van der Waals surface area (Å²) in [7, 11) is 1.55. The lowest BCUT2D eigenvalue weighted by atomic mass is 9.96. The molecule has 192 valence electrons. The molecule has 9 nitrogen and oxygen atoms in total. The lowest BCUT2D eigenvalue weighted by molar-refractivity contribution is -0.140. The van der Waals surface area contributed by atoms with E-state index in [0.717, 1.165) is 0 Å². The Hall–Kier alpha value is -3.70. The van der Waals surface area contributed by atoms with Crippen molar-refractivity contribution in [1.82, 2.24) is 4.57 Å². The number of hydrogen-bond acceptors (Lipinski definition) is 8. The molecular formula is C26H23BrN2O7S. The van der Waals surface area contributed by atoms with E-state index in [1.54, 1.807) is 63.4 Å². The lowest BCUT2D eigenvalue weighted by Crippen LogP contribution is -2.39. The van der Waals surface area contributed by atoms with Crippen LogP contribution in [0.3, 0.4) is 0 Å². The third kappa shape index (κ3) is 5.52. The molecule has 0 bridgehead atoms. The summed E-state index contributed by atoms with van der Waals surface area (Å²) in [4.78, 5) is 42.5. The first-order chi connectivity index (χ1) is 17.7. The lowest BCUT2D eigenvalue weighted by Gasteiger charge is -2.25. The molecule has 2 heterocycles. The maximum absolute atomic E-state index is 13.7. The van der Waals surface area contributed by atoms with Crippen LogP contribution in [0, 0.1) is 0 Å². The first-order valence-corrected chi connectivity index (χ1v) is 12.8. The van der Waals surface area contributed by atoms with Crippen molar-refractivity contribution in [2.75, 3.05) is 20.3 Å². The summed E-state index contributed by atoms with van der Waals surface area (Å²) in [5.41, 5.74) is 1.75. The first kappa shape index (κ1) is 26.4. The van der Waals surface area contributed by atoms with Crippen LogP contribution in [-0.4, -0.2) is 41.9 Å². The van der Waals surface area contributed by atoms with Crippen molar-refractivity contribution < 1.29 is 28.9 Å². The predicted molar refractivity (Wildman–Crippen MR) is 141 cm³/mol. The molecule has 1 aliphatic rings. The number of aromatic nitrogens is 1. The van der Waals surface area contributed by atoms with Gasteiger partial charge < -0.3 is 19.3 Å². The molecular weight excluding hydrogens is 564 g/mol. The maximum Gasteiger partial charge on any atom is 0.341 e. The van der Waals surface area contributed by atoms with Crippen molar-refractivity contribution in [1.29, 1.82) is 0 Å². The molecule has 0 radical (unpaired) electrons. The number of carboxylic acid groups (broad SMARTS) is 1. The van der Waals surface area contributed by atoms with Crippen LogP contribution >= 0.6 is 27.3 Å². The van der Waals surface area contributed by atoms with Crippen LogP contribution in [0.5, 0.6) is 11.5 Å². The van der Waals surface area contributed by atoms with Crippen molar-refractivity contribution in [3.63, 3.8) is 0 Å². The minimum absolute atomic E-state index is 0.180. The van der Waals surface area contributed by atoms with Gasteiger partial charge in [0.1, 0.15) is 11.5 Å². The van der Waals surface area contributed by atoms with Crippen LogP contribution in [0.15, 0.2) is 68.0 Å². The van der Waals surface area contributed by atoms with E-state index >= 15 is 0 Å². The summed E-state index contributed by atoms with van der Waals surface area (Å²) in [6.07, 6.45) is 1.68. The van der Waals surface area contributed by atoms with Gasteiger partial charge in [-0.05, 0) is 71.2 Å². The number of hydrogen-bond donors (Lipinski definition) is 1. The number of aliphatic carboxylic acids is 1. The van der Waals surface area contributed by atoms with Gasteiger partial charge in [0, 0.05) is 0 Å². The highest BCUT2D eigenvalue weighted by atomic mass is 79.9. The summed E-state index contributed by atoms with van der Waals surface area (Å²) >= 11 is 4.69. The number of nitrogens with zero attached hydrogens (tertiary/aromatic N) is 2. The Morgan fingerprint density at radius 1 is 1.24 bits per heavy atom. The SMILES string of the molecule is CCOC(=O)C1=C(C)N=c2s/c(=C\c3cccc(OCC(=O)O)c3)c(=O)n2[C@@H]1c1ccc(OC)c(Br)c1. The summed E-state index contributed by atoms with van der Waals surface area (Å²) in [5, 5.41) is 8.86. The maximum atomic E-state index is 13.7. The number of methoxy groups -OCH3 is 1. The van der Waals surface area contributed by atoms with Crippen molar-refractivity contribution in [3.05, 3.63) is 89.0 Å². The second-order valence-electron chi connectivity index (χ2n) is 7.95. The van der Waals surface area contributed by atoms with E-state index in [9.17, 15) is 14.4 Å². The van der Waals surface area contributed by atoms with Gasteiger partial charge in [0.25, 0.3) is 5.56 Å². The molecule has 0 unspecified atom stereocenters. The van der Waals surface area contributed by atoms with Gasteiger partial charge in [-0.2, -0.15) is 0 Å². The van der Waals surface area contributed by atoms with E-state index in [2.05, 4.69) is 20.9 Å². The molecule has 1 N–H and O–H groups in total. The van der Waals surface area contributed by atoms with Crippen LogP contribution in [0.1, 0.15) is 31.0 Å². The molecule has 0 fully saturated rings. The third-order valence-electron chi connectivity index (χ3n) is 5.53. The number of allylic oxidation sites excluding steroid dienone is 1. The molecule has 37 heavy (non-hydrogen) atoms. The molecule has 3 aromatic rings. The number of esters is 1. The summed E-state index contributed by atoms with van der Waals surface area (Å²) in [5.74, 6) is -0.653. The molecule has 0 amide bonds. The largest absolute Gasteiger partial charge is 0.496 e. The van der Waals surface area contributed by atoms with Crippen LogP contribution in [-0.2, 0) is 14.3 Å². The Balaban J connectivity index is 1.87. The monoisotopic (exact) mass is 586 g/mol. The molecule has 2 aromatic carbocycles. The van der Waals surface area contributed by atoms with Gasteiger partial charge in [0.15, 0.2) is 11.4 Å². The number of carbonyl (C=O) groups excluding carboxylic acids is 1. The van der Waals surface area contributed by atoms with Crippen molar-refractivity contribution in [2.45, 2.75) is 19.9 Å². The standard InChI is InChI=1S/C26H23BrN2O7S/c1-4-35-25(33)22-14(2)28-26-29(23(22)16-8-9-19(34-3)18(27)12-16)24(32)20(37-26)11-15-6-5-7-17(10-15)36-13-21(30)31/h5-12,23H,4,13H2,1-3H3,(H,30,31)/b20-11-/t23-/m1/s1. The highest BCUT2D eigenvalue weighted by Crippen LogP contribution is 2.35. The number of thiazole rings is 1. The zero-order valence-electron chi connectivity index (χ0n) is 20.2. The van der Waals surface area contributed by atoms with E-state index in [1.807, 2.05) is 6.07 Å². The molecule has 4 rings (SSSR count). The number of fused-ring (bicyclic) bond motifs is 1. The fraction of sp³-hybridized carbons (Fsp3) is 0.231. The van der Waals surface area contributed by atoms with Gasteiger partial charge >= 0.3 is 11.9 Å². The first-order valence-electron chi connectivity index (χ1n) is 11.2. The van der Waals surface area contributed by atoms with Crippen molar-refractivity contribution >= 4 is 45.3 Å². The minimum Gasteiger partial charge on any atom is -0.496 e. The Morgan fingerprint density at radius 3 is 2.70 bits per heavy atom. The fourth-order valence-corrected chi connectivity index (χ4v) is 5.56. The summed E-state index contributed by atoms with van der Waals surface area (Å²) < 4.78 is 18.5. The Bertz CT molecular complexity index is 1590. The zero-order valence-corrected chi connectivity index (χ0v) is 22.6. The molecule has 0 saturated heterocycles. The topological polar surface area (TPSA) is 116 Å². The van der Waals surface area contributed by atoms with Crippen LogP contribution < -0.4 is 24.4 Å². The van der Waals surface area contributed by atoms with Crippen LogP contribution in [0.25, 0.3) is 6.08 Å². The number of carboxylic acids is 1. The molecule has 1 atom stereocenters. The van der Waals surface area contributed by atoms with Crippen LogP contribution in [0.2, 0.25) is 0 Å². The quantitative estimate of drug-likeness (QED) is 0.403. The number of rotatable bonds is 8. The molecule has 11 heteroatoms. The Morgan fingerprint density at radius 2 is 2.03 bits per heavy atom. The zero-order chi connectivity index (χ0) is 26.7. The van der Waals surface area contributed by atoms with E-state index < -0.39 is 24.6 Å². The highest BCUT2D eigenvalue weighted by molar-refractivity contribution is 9.10. The van der Waals surface area contributed by atoms with E-state index in [0.29, 0.717) is 42.1 Å². The number of benzene rings is 2. The number of ether oxygens (including phenoxy) is 3. The highest BCUT2D eigenvalue weighted by Gasteiger charge is 2.33. The van der Waals surface area contributed by atoms with Gasteiger partial charge in [0.2, 0.25) is 0 Å². The molecule has 0 saturated carbocycles. The Labute approximate surface area is 224 Å². The summed E-state index contributed by atoms with van der Waals surface area (Å²) in [6.45, 7) is 3.15. The average molecular weight is 587 g/mol. The van der Waals surface area contributed by atoms with Gasteiger partial charge in [-0.25, -0.2) is 14.6 Å². The molecule has 0 aliphatic carbocycles. The minimum atomic E-state index is -1.09. The predicted octanol–water partition coefficient (Wildman–Crippen LogP) is 3.03. The van der Waals surface area contributed by atoms with E-state index in [1.165, 1.54) is 15.9 Å². The molecule has 1 aliphatic heterocycles. The smallest absolute Gasteiger partial charge is 0.341 e. The third-order valence-corrected chi connectivity index (χ3v) is 7.13. The normalized spacial score (nSPS) is 15.1. The van der Waals surface area contributed by atoms with E-state index in [-0.39, 0.29) is 17.7 Å². The second kappa shape index (κ2) is 11.1. The second-order valence-corrected chi connectivity index (χ2v) is 9.81. The number of carbonyl (C=O) groups is 2. The van der Waals surface area contributed by atoms with Crippen molar-refractivity contribution in [3.8, 4) is 11.5 Å².